The number of halogens is 1. The Morgan fingerprint density at radius 2 is 1.88 bits per heavy atom. The Balaban J connectivity index is 2.01. The van der Waals surface area contributed by atoms with Gasteiger partial charge in [0.1, 0.15) is 0 Å². The molecule has 2 fully saturated rings. The minimum atomic E-state index is 0.0513. The molecule has 1 amide bonds. The van der Waals surface area contributed by atoms with Gasteiger partial charge < -0.3 is 5.32 Å². The SMILES string of the molecule is CC1(C)CCCC1C(=O)NC1(CBr)CCCC1. The van der Waals surface area contributed by atoms with Crippen LogP contribution in [0.15, 0.2) is 0 Å². The second kappa shape index (κ2) is 4.91. The van der Waals surface area contributed by atoms with E-state index in [9.17, 15) is 4.79 Å². The standard InChI is InChI=1S/C14H24BrNO/c1-13(2)7-5-6-11(13)12(17)16-14(10-15)8-3-4-9-14/h11H,3-10H2,1-2H3,(H,16,17). The van der Waals surface area contributed by atoms with Crippen LogP contribution in [0.3, 0.4) is 0 Å². The molecule has 1 N–H and O–H groups in total. The quantitative estimate of drug-likeness (QED) is 0.792. The van der Waals surface area contributed by atoms with Gasteiger partial charge in [0.15, 0.2) is 0 Å². The summed E-state index contributed by atoms with van der Waals surface area (Å²) in [7, 11) is 0. The highest BCUT2D eigenvalue weighted by Crippen LogP contribution is 2.43. The van der Waals surface area contributed by atoms with E-state index in [0.717, 1.165) is 24.6 Å². The van der Waals surface area contributed by atoms with Crippen LogP contribution < -0.4 is 5.32 Å². The second-order valence-electron chi connectivity index (χ2n) is 6.54. The third-order valence-electron chi connectivity index (χ3n) is 4.78. The molecule has 2 rings (SSSR count). The van der Waals surface area contributed by atoms with Crippen molar-refractivity contribution < 1.29 is 4.79 Å². The van der Waals surface area contributed by atoms with Gasteiger partial charge in [-0.2, -0.15) is 0 Å². The van der Waals surface area contributed by atoms with Gasteiger partial charge in [-0.15, -0.1) is 0 Å². The molecule has 0 aliphatic heterocycles. The molecule has 0 radical (unpaired) electrons. The number of carbonyl (C=O) groups excluding carboxylic acids is 1. The fourth-order valence-corrected chi connectivity index (χ4v) is 4.21. The summed E-state index contributed by atoms with van der Waals surface area (Å²) in [4.78, 5) is 12.4. The summed E-state index contributed by atoms with van der Waals surface area (Å²) in [6.45, 7) is 4.47. The van der Waals surface area contributed by atoms with Gasteiger partial charge >= 0.3 is 0 Å². The van der Waals surface area contributed by atoms with Crippen molar-refractivity contribution in [2.75, 3.05) is 5.33 Å². The lowest BCUT2D eigenvalue weighted by atomic mass is 9.81. The van der Waals surface area contributed by atoms with Crippen molar-refractivity contribution in [3.63, 3.8) is 0 Å². The van der Waals surface area contributed by atoms with Crippen LogP contribution in [0.5, 0.6) is 0 Å². The van der Waals surface area contributed by atoms with E-state index >= 15 is 0 Å². The molecule has 0 heterocycles. The lowest BCUT2D eigenvalue weighted by Gasteiger charge is -2.33. The summed E-state index contributed by atoms with van der Waals surface area (Å²) >= 11 is 3.58. The monoisotopic (exact) mass is 301 g/mol. The molecule has 2 nitrogen and oxygen atoms in total. The van der Waals surface area contributed by atoms with E-state index in [1.54, 1.807) is 0 Å². The highest BCUT2D eigenvalue weighted by atomic mass is 79.9. The highest BCUT2D eigenvalue weighted by Gasteiger charge is 2.42. The first-order valence-corrected chi connectivity index (χ1v) is 7.99. The lowest BCUT2D eigenvalue weighted by Crippen LogP contribution is -2.51. The summed E-state index contributed by atoms with van der Waals surface area (Å²) in [5.41, 5.74) is 0.242. The van der Waals surface area contributed by atoms with Crippen molar-refractivity contribution >= 4 is 21.8 Å². The van der Waals surface area contributed by atoms with Gasteiger partial charge in [0, 0.05) is 16.8 Å². The van der Waals surface area contributed by atoms with Crippen LogP contribution in [-0.4, -0.2) is 16.8 Å². The van der Waals surface area contributed by atoms with Gasteiger partial charge in [-0.3, -0.25) is 4.79 Å². The van der Waals surface area contributed by atoms with E-state index in [2.05, 4.69) is 35.1 Å². The van der Waals surface area contributed by atoms with Crippen LogP contribution >= 0.6 is 15.9 Å². The molecule has 0 saturated heterocycles. The van der Waals surface area contributed by atoms with Crippen LogP contribution in [0, 0.1) is 11.3 Å². The Morgan fingerprint density at radius 3 is 2.35 bits per heavy atom. The van der Waals surface area contributed by atoms with Gasteiger partial charge in [0.25, 0.3) is 0 Å². The first-order valence-electron chi connectivity index (χ1n) is 6.87. The number of hydrogen-bond acceptors (Lipinski definition) is 1. The molecule has 2 aliphatic rings. The average Bonchev–Trinajstić information content (AvgIpc) is 2.85. The summed E-state index contributed by atoms with van der Waals surface area (Å²) in [6.07, 6.45) is 8.23. The third kappa shape index (κ3) is 2.69. The molecule has 1 unspecified atom stereocenters. The van der Waals surface area contributed by atoms with Crippen molar-refractivity contribution in [2.24, 2.45) is 11.3 Å². The molecule has 3 heteroatoms. The van der Waals surface area contributed by atoms with Crippen LogP contribution in [-0.2, 0) is 4.79 Å². The zero-order chi connectivity index (χ0) is 12.5. The maximum atomic E-state index is 12.4. The first kappa shape index (κ1) is 13.4. The van der Waals surface area contributed by atoms with Crippen molar-refractivity contribution in [3.8, 4) is 0 Å². The predicted molar refractivity (Wildman–Crippen MR) is 74.3 cm³/mol. The minimum Gasteiger partial charge on any atom is -0.350 e. The molecule has 0 spiro atoms. The molecule has 98 valence electrons. The smallest absolute Gasteiger partial charge is 0.224 e. The number of amides is 1. The Morgan fingerprint density at radius 1 is 1.24 bits per heavy atom. The summed E-state index contributed by atoms with van der Waals surface area (Å²) < 4.78 is 0. The van der Waals surface area contributed by atoms with Crippen LogP contribution in [0.2, 0.25) is 0 Å². The number of nitrogens with one attached hydrogen (secondary N) is 1. The first-order chi connectivity index (χ1) is 7.99. The summed E-state index contributed by atoms with van der Waals surface area (Å²) in [5.74, 6) is 0.521. The van der Waals surface area contributed by atoms with E-state index in [1.807, 2.05) is 0 Å². The molecule has 0 aromatic rings. The van der Waals surface area contributed by atoms with E-state index in [0.29, 0.717) is 5.91 Å². The Labute approximate surface area is 113 Å². The molecule has 2 aliphatic carbocycles. The zero-order valence-electron chi connectivity index (χ0n) is 11.0. The van der Waals surface area contributed by atoms with Crippen LogP contribution in [0.25, 0.3) is 0 Å². The Kier molecular flexibility index (Phi) is 3.86. The third-order valence-corrected chi connectivity index (χ3v) is 5.85. The second-order valence-corrected chi connectivity index (χ2v) is 7.10. The number of alkyl halides is 1. The summed E-state index contributed by atoms with van der Waals surface area (Å²) in [5, 5.41) is 4.26. The van der Waals surface area contributed by atoms with E-state index in [4.69, 9.17) is 0 Å². The lowest BCUT2D eigenvalue weighted by molar-refractivity contribution is -0.129. The van der Waals surface area contributed by atoms with Gasteiger partial charge in [-0.05, 0) is 31.1 Å². The molecule has 0 aromatic heterocycles. The van der Waals surface area contributed by atoms with E-state index < -0.39 is 0 Å². The van der Waals surface area contributed by atoms with Crippen molar-refractivity contribution in [2.45, 2.75) is 64.3 Å². The zero-order valence-corrected chi connectivity index (χ0v) is 12.6. The topological polar surface area (TPSA) is 29.1 Å². The summed E-state index contributed by atoms with van der Waals surface area (Å²) in [6, 6.07) is 0. The van der Waals surface area contributed by atoms with Crippen LogP contribution in [0.4, 0.5) is 0 Å². The van der Waals surface area contributed by atoms with Gasteiger partial charge in [-0.1, -0.05) is 49.0 Å². The van der Waals surface area contributed by atoms with Gasteiger partial charge in [0.2, 0.25) is 5.91 Å². The molecule has 17 heavy (non-hydrogen) atoms. The fourth-order valence-electron chi connectivity index (χ4n) is 3.51. The maximum Gasteiger partial charge on any atom is 0.224 e. The normalized spacial score (nSPS) is 30.4. The van der Waals surface area contributed by atoms with Gasteiger partial charge in [-0.25, -0.2) is 0 Å². The van der Waals surface area contributed by atoms with Gasteiger partial charge in [0.05, 0.1) is 0 Å². The molecular weight excluding hydrogens is 278 g/mol. The molecule has 0 bridgehead atoms. The average molecular weight is 302 g/mol. The van der Waals surface area contributed by atoms with Crippen LogP contribution in [0.1, 0.15) is 58.8 Å². The van der Waals surface area contributed by atoms with E-state index in [-0.39, 0.29) is 16.9 Å². The van der Waals surface area contributed by atoms with E-state index in [1.165, 1.54) is 25.7 Å². The van der Waals surface area contributed by atoms with Crippen molar-refractivity contribution in [3.05, 3.63) is 0 Å². The number of rotatable bonds is 3. The maximum absolute atomic E-state index is 12.4. The molecule has 0 aromatic carbocycles. The highest BCUT2D eigenvalue weighted by molar-refractivity contribution is 9.09. The molecular formula is C14H24BrNO. The predicted octanol–water partition coefficient (Wildman–Crippen LogP) is 3.64. The molecule has 2 saturated carbocycles. The minimum absolute atomic E-state index is 0.0513. The largest absolute Gasteiger partial charge is 0.350 e. The van der Waals surface area contributed by atoms with Crippen molar-refractivity contribution in [1.82, 2.24) is 5.32 Å². The van der Waals surface area contributed by atoms with Crippen molar-refractivity contribution in [1.29, 1.82) is 0 Å². The number of hydrogen-bond donors (Lipinski definition) is 1. The molecule has 1 atom stereocenters. The fraction of sp³-hybridized carbons (Fsp3) is 0.929. The Bertz CT molecular complexity index is 295. The number of carbonyl (C=O) groups is 1. The Hall–Kier alpha value is -0.0500.